The topological polar surface area (TPSA) is 74.7 Å². The van der Waals surface area contributed by atoms with Crippen molar-refractivity contribution in [3.63, 3.8) is 0 Å². The molecule has 0 aliphatic rings. The van der Waals surface area contributed by atoms with Crippen LogP contribution in [0, 0.1) is 0 Å². The molecule has 5 heteroatoms. The highest BCUT2D eigenvalue weighted by Gasteiger charge is 2.10. The van der Waals surface area contributed by atoms with E-state index in [2.05, 4.69) is 20.2 Å². The highest BCUT2D eigenvalue weighted by Crippen LogP contribution is 2.12. The lowest BCUT2D eigenvalue weighted by molar-refractivity contribution is 0.168. The number of aromatic amines is 1. The molecule has 2 heterocycles. The number of aliphatic hydroxyl groups is 1. The lowest BCUT2D eigenvalue weighted by Gasteiger charge is -2.05. The second-order valence-electron chi connectivity index (χ2n) is 2.95. The number of hydrogen-bond donors (Lipinski definition) is 2. The molecule has 0 saturated carbocycles. The Morgan fingerprint density at radius 3 is 3.07 bits per heavy atom. The zero-order valence-electron chi connectivity index (χ0n) is 7.46. The van der Waals surface area contributed by atoms with Gasteiger partial charge in [0.1, 0.15) is 12.4 Å². The third kappa shape index (κ3) is 1.94. The van der Waals surface area contributed by atoms with Crippen LogP contribution < -0.4 is 0 Å². The van der Waals surface area contributed by atoms with Crippen LogP contribution in [0.4, 0.5) is 0 Å². The molecular formula is C9H10N4O. The van der Waals surface area contributed by atoms with Gasteiger partial charge in [0.15, 0.2) is 5.82 Å². The smallest absolute Gasteiger partial charge is 0.153 e. The molecule has 1 atom stereocenters. The summed E-state index contributed by atoms with van der Waals surface area (Å²) in [6.07, 6.45) is 4.64. The summed E-state index contributed by atoms with van der Waals surface area (Å²) < 4.78 is 0. The van der Waals surface area contributed by atoms with Gasteiger partial charge in [-0.1, -0.05) is 6.07 Å². The Balaban J connectivity index is 2.06. The van der Waals surface area contributed by atoms with Gasteiger partial charge in [0.25, 0.3) is 0 Å². The molecule has 0 radical (unpaired) electrons. The number of aliphatic hydroxyl groups excluding tert-OH is 1. The summed E-state index contributed by atoms with van der Waals surface area (Å²) in [4.78, 5) is 7.84. The van der Waals surface area contributed by atoms with E-state index in [9.17, 15) is 5.11 Å². The fraction of sp³-hybridized carbons (Fsp3) is 0.222. The molecule has 2 N–H and O–H groups in total. The van der Waals surface area contributed by atoms with Crippen LogP contribution in [0.25, 0.3) is 0 Å². The lowest BCUT2D eigenvalue weighted by atomic mass is 10.1. The summed E-state index contributed by atoms with van der Waals surface area (Å²) in [5.41, 5.74) is 0.969. The fourth-order valence-electron chi connectivity index (χ4n) is 1.21. The molecule has 0 aliphatic carbocycles. The Hall–Kier alpha value is -1.75. The maximum atomic E-state index is 9.70. The van der Waals surface area contributed by atoms with Crippen LogP contribution in [0.5, 0.6) is 0 Å². The van der Waals surface area contributed by atoms with Gasteiger partial charge in [0.2, 0.25) is 0 Å². The van der Waals surface area contributed by atoms with E-state index < -0.39 is 6.10 Å². The third-order valence-electron chi connectivity index (χ3n) is 1.90. The van der Waals surface area contributed by atoms with Gasteiger partial charge in [-0.2, -0.15) is 5.10 Å². The molecule has 2 rings (SSSR count). The summed E-state index contributed by atoms with van der Waals surface area (Å²) >= 11 is 0. The van der Waals surface area contributed by atoms with Crippen molar-refractivity contribution < 1.29 is 5.11 Å². The van der Waals surface area contributed by atoms with E-state index in [4.69, 9.17) is 0 Å². The Bertz CT molecular complexity index is 373. The van der Waals surface area contributed by atoms with Gasteiger partial charge in [0.05, 0.1) is 0 Å². The molecule has 0 spiro atoms. The van der Waals surface area contributed by atoms with E-state index in [-0.39, 0.29) is 0 Å². The number of hydrogen-bond acceptors (Lipinski definition) is 4. The summed E-state index contributed by atoms with van der Waals surface area (Å²) in [6.45, 7) is 0. The van der Waals surface area contributed by atoms with Gasteiger partial charge in [-0.15, -0.1) is 0 Å². The molecule has 14 heavy (non-hydrogen) atoms. The molecule has 1 unspecified atom stereocenters. The van der Waals surface area contributed by atoms with Crippen molar-refractivity contribution in [3.05, 3.63) is 42.2 Å². The van der Waals surface area contributed by atoms with E-state index in [0.29, 0.717) is 12.2 Å². The van der Waals surface area contributed by atoms with Crippen molar-refractivity contribution in [2.24, 2.45) is 0 Å². The standard InChI is InChI=1S/C9H10N4O/c14-8(9-11-6-12-13-9)4-7-2-1-3-10-5-7/h1-3,5-6,8,14H,4H2,(H,11,12,13). The molecule has 0 fully saturated rings. The zero-order valence-corrected chi connectivity index (χ0v) is 7.46. The van der Waals surface area contributed by atoms with Gasteiger partial charge in [-0.25, -0.2) is 4.98 Å². The van der Waals surface area contributed by atoms with Crippen LogP contribution in [0.2, 0.25) is 0 Å². The van der Waals surface area contributed by atoms with E-state index in [1.807, 2.05) is 12.1 Å². The molecule has 0 bridgehead atoms. The van der Waals surface area contributed by atoms with E-state index >= 15 is 0 Å². The number of aromatic nitrogens is 4. The first kappa shape index (κ1) is 8.83. The number of rotatable bonds is 3. The molecule has 0 amide bonds. The zero-order chi connectivity index (χ0) is 9.80. The monoisotopic (exact) mass is 190 g/mol. The maximum absolute atomic E-state index is 9.70. The minimum Gasteiger partial charge on any atom is -0.385 e. The highest BCUT2D eigenvalue weighted by molar-refractivity contribution is 5.11. The highest BCUT2D eigenvalue weighted by atomic mass is 16.3. The van der Waals surface area contributed by atoms with Crippen molar-refractivity contribution in [2.45, 2.75) is 12.5 Å². The maximum Gasteiger partial charge on any atom is 0.153 e. The molecular weight excluding hydrogens is 180 g/mol. The minimum absolute atomic E-state index is 0.480. The van der Waals surface area contributed by atoms with Crippen molar-refractivity contribution in [2.75, 3.05) is 0 Å². The Kier molecular flexibility index (Phi) is 2.51. The largest absolute Gasteiger partial charge is 0.385 e. The number of nitrogens with one attached hydrogen (secondary N) is 1. The van der Waals surface area contributed by atoms with Crippen LogP contribution >= 0.6 is 0 Å². The molecule has 0 aromatic carbocycles. The van der Waals surface area contributed by atoms with E-state index in [1.54, 1.807) is 12.4 Å². The first-order valence-corrected chi connectivity index (χ1v) is 4.28. The molecule has 2 aromatic heterocycles. The van der Waals surface area contributed by atoms with Gasteiger partial charge < -0.3 is 5.11 Å². The molecule has 72 valence electrons. The first-order chi connectivity index (χ1) is 6.86. The fourth-order valence-corrected chi connectivity index (χ4v) is 1.21. The molecule has 2 aromatic rings. The predicted molar refractivity (Wildman–Crippen MR) is 49.3 cm³/mol. The van der Waals surface area contributed by atoms with Gasteiger partial charge in [0, 0.05) is 18.8 Å². The summed E-state index contributed by atoms with van der Waals surface area (Å²) in [5, 5.41) is 16.0. The quantitative estimate of drug-likeness (QED) is 0.738. The summed E-state index contributed by atoms with van der Waals surface area (Å²) in [5.74, 6) is 0.480. The normalized spacial score (nSPS) is 12.6. The van der Waals surface area contributed by atoms with E-state index in [0.717, 1.165) is 5.56 Å². The van der Waals surface area contributed by atoms with Crippen LogP contribution in [0.3, 0.4) is 0 Å². The molecule has 5 nitrogen and oxygen atoms in total. The van der Waals surface area contributed by atoms with Crippen molar-refractivity contribution in [1.82, 2.24) is 20.2 Å². The first-order valence-electron chi connectivity index (χ1n) is 4.28. The Morgan fingerprint density at radius 2 is 2.43 bits per heavy atom. The Labute approximate surface area is 80.8 Å². The van der Waals surface area contributed by atoms with Gasteiger partial charge >= 0.3 is 0 Å². The summed E-state index contributed by atoms with van der Waals surface area (Å²) in [6, 6.07) is 3.75. The molecule has 0 saturated heterocycles. The molecule has 0 aliphatic heterocycles. The lowest BCUT2D eigenvalue weighted by Crippen LogP contribution is -2.04. The SMILES string of the molecule is OC(Cc1cccnc1)c1ncn[nH]1. The minimum atomic E-state index is -0.651. The number of pyridine rings is 1. The van der Waals surface area contributed by atoms with Crippen molar-refractivity contribution in [1.29, 1.82) is 0 Å². The second-order valence-corrected chi connectivity index (χ2v) is 2.95. The van der Waals surface area contributed by atoms with Gasteiger partial charge in [-0.3, -0.25) is 10.1 Å². The van der Waals surface area contributed by atoms with Crippen LogP contribution in [0.1, 0.15) is 17.5 Å². The number of H-pyrrole nitrogens is 1. The predicted octanol–water partition coefficient (Wildman–Crippen LogP) is 0.476. The average molecular weight is 190 g/mol. The van der Waals surface area contributed by atoms with Gasteiger partial charge in [-0.05, 0) is 11.6 Å². The Morgan fingerprint density at radius 1 is 1.50 bits per heavy atom. The average Bonchev–Trinajstić information content (AvgIpc) is 2.72. The van der Waals surface area contributed by atoms with Crippen molar-refractivity contribution >= 4 is 0 Å². The van der Waals surface area contributed by atoms with Crippen LogP contribution in [0.15, 0.2) is 30.9 Å². The third-order valence-corrected chi connectivity index (χ3v) is 1.90. The van der Waals surface area contributed by atoms with Crippen LogP contribution in [-0.2, 0) is 6.42 Å². The van der Waals surface area contributed by atoms with E-state index in [1.165, 1.54) is 6.33 Å². The number of nitrogens with zero attached hydrogens (tertiary/aromatic N) is 3. The second kappa shape index (κ2) is 3.97. The summed E-state index contributed by atoms with van der Waals surface area (Å²) in [7, 11) is 0. The van der Waals surface area contributed by atoms with Crippen LogP contribution in [-0.4, -0.2) is 25.3 Å². The van der Waals surface area contributed by atoms with Crippen molar-refractivity contribution in [3.8, 4) is 0 Å².